The summed E-state index contributed by atoms with van der Waals surface area (Å²) >= 11 is 1.87. The number of rotatable bonds is 13. The largest absolute Gasteiger partial charge is 0.374 e. The van der Waals surface area contributed by atoms with E-state index in [0.717, 1.165) is 25.0 Å². The van der Waals surface area contributed by atoms with E-state index in [0.29, 0.717) is 29.7 Å². The Morgan fingerprint density at radius 3 is 2.47 bits per heavy atom. The molecule has 0 bridgehead atoms. The third kappa shape index (κ3) is 7.58. The molecule has 11 nitrogen and oxygen atoms in total. The van der Waals surface area contributed by atoms with E-state index in [1.807, 2.05) is 25.6 Å². The minimum atomic E-state index is -1.07. The molecule has 0 aromatic rings. The fourth-order valence-electron chi connectivity index (χ4n) is 4.24. The van der Waals surface area contributed by atoms with Crippen LogP contribution in [0, 0.1) is 5.41 Å². The van der Waals surface area contributed by atoms with Crippen molar-refractivity contribution in [2.45, 2.75) is 95.6 Å². The minimum absolute atomic E-state index is 0.0116. The number of carbonyl (C=O) groups excluding carboxylic acids is 5. The van der Waals surface area contributed by atoms with Crippen LogP contribution >= 0.6 is 11.8 Å². The Bertz CT molecular complexity index is 863. The van der Waals surface area contributed by atoms with E-state index in [-0.39, 0.29) is 43.5 Å². The fraction of sp³-hybridized carbons (Fsp3) is 0.792. The molecule has 3 fully saturated rings. The zero-order chi connectivity index (χ0) is 26.5. The molecule has 3 N–H and O–H groups in total. The van der Waals surface area contributed by atoms with Crippen molar-refractivity contribution in [1.82, 2.24) is 21.0 Å². The second kappa shape index (κ2) is 11.8. The van der Waals surface area contributed by atoms with Crippen molar-refractivity contribution >= 4 is 41.5 Å². The lowest BCUT2D eigenvalue weighted by molar-refractivity contribution is -0.207. The number of nitrogens with one attached hydrogen (secondary N) is 3. The van der Waals surface area contributed by atoms with Gasteiger partial charge in [-0.1, -0.05) is 6.42 Å². The van der Waals surface area contributed by atoms with Gasteiger partial charge in [0.2, 0.25) is 5.91 Å². The third-order valence-corrected chi connectivity index (χ3v) is 8.19. The summed E-state index contributed by atoms with van der Waals surface area (Å²) in [6.07, 6.45) is 3.77. The summed E-state index contributed by atoms with van der Waals surface area (Å²) in [6, 6.07) is 0.326. The van der Waals surface area contributed by atoms with Crippen LogP contribution in [0.25, 0.3) is 0 Å². The van der Waals surface area contributed by atoms with Gasteiger partial charge in [-0.3, -0.25) is 14.4 Å². The number of unbranched alkanes of at least 4 members (excludes halogenated alkanes) is 1. The highest BCUT2D eigenvalue weighted by Crippen LogP contribution is 2.33. The molecule has 0 aromatic heterocycles. The van der Waals surface area contributed by atoms with E-state index in [9.17, 15) is 24.0 Å². The number of urea groups is 1. The van der Waals surface area contributed by atoms with Crippen LogP contribution in [0.15, 0.2) is 0 Å². The standard InChI is InChI=1S/C24H38N4O7S/c1-23(2,21(32)35-28-18(30)9-10-19(28)31)14-34-24(3,4)11-12-25-17(29)8-6-5-7-16-20-15(13-36-16)26-22(33)27-20/h15-16,20H,5-14H2,1-4H3,(H,25,29)(H2,26,27,33). The number of imide groups is 1. The van der Waals surface area contributed by atoms with Gasteiger partial charge in [0.25, 0.3) is 11.8 Å². The molecule has 0 spiro atoms. The van der Waals surface area contributed by atoms with Crippen LogP contribution in [0.1, 0.15) is 72.6 Å². The van der Waals surface area contributed by atoms with Crippen molar-refractivity contribution in [1.29, 1.82) is 0 Å². The van der Waals surface area contributed by atoms with Crippen LogP contribution in [0.4, 0.5) is 4.79 Å². The summed E-state index contributed by atoms with van der Waals surface area (Å²) in [7, 11) is 0. The van der Waals surface area contributed by atoms with Crippen molar-refractivity contribution in [3.8, 4) is 0 Å². The number of nitrogens with zero attached hydrogens (tertiary/aromatic N) is 1. The lowest BCUT2D eigenvalue weighted by Gasteiger charge is -2.31. The molecule has 0 saturated carbocycles. The maximum atomic E-state index is 12.5. The van der Waals surface area contributed by atoms with Gasteiger partial charge in [0.15, 0.2) is 0 Å². The van der Waals surface area contributed by atoms with E-state index in [4.69, 9.17) is 9.57 Å². The van der Waals surface area contributed by atoms with Crippen molar-refractivity contribution in [2.75, 3.05) is 18.9 Å². The molecule has 3 heterocycles. The Hall–Kier alpha value is -2.34. The maximum absolute atomic E-state index is 12.5. The van der Waals surface area contributed by atoms with Gasteiger partial charge in [-0.2, -0.15) is 11.8 Å². The maximum Gasteiger partial charge on any atom is 0.341 e. The minimum Gasteiger partial charge on any atom is -0.374 e. The Balaban J connectivity index is 1.28. The van der Waals surface area contributed by atoms with Crippen LogP contribution in [0.3, 0.4) is 0 Å². The zero-order valence-electron chi connectivity index (χ0n) is 21.5. The van der Waals surface area contributed by atoms with E-state index < -0.39 is 28.8 Å². The van der Waals surface area contributed by atoms with Crippen molar-refractivity contribution in [3.63, 3.8) is 0 Å². The summed E-state index contributed by atoms with van der Waals surface area (Å²) in [6.45, 7) is 7.46. The second-order valence-corrected chi connectivity index (χ2v) is 12.1. The summed E-state index contributed by atoms with van der Waals surface area (Å²) < 4.78 is 5.94. The SMILES string of the molecule is CC(C)(CCNC(=O)CCCCC1SCC2NC(=O)NC21)OCC(C)(C)C(=O)ON1C(=O)CCC1=O. The first-order valence-electron chi connectivity index (χ1n) is 12.6. The van der Waals surface area contributed by atoms with E-state index in [1.54, 1.807) is 13.8 Å². The van der Waals surface area contributed by atoms with E-state index in [1.165, 1.54) is 0 Å². The van der Waals surface area contributed by atoms with Crippen LogP contribution < -0.4 is 16.0 Å². The average molecular weight is 527 g/mol. The lowest BCUT2D eigenvalue weighted by atomic mass is 9.94. The number of hydroxylamine groups is 2. The van der Waals surface area contributed by atoms with Gasteiger partial charge >= 0.3 is 12.0 Å². The van der Waals surface area contributed by atoms with Crippen molar-refractivity contribution in [3.05, 3.63) is 0 Å². The quantitative estimate of drug-likeness (QED) is 0.187. The summed E-state index contributed by atoms with van der Waals surface area (Å²) in [5.41, 5.74) is -1.68. The van der Waals surface area contributed by atoms with E-state index >= 15 is 0 Å². The number of hydrogen-bond acceptors (Lipinski definition) is 8. The number of ether oxygens (including phenoxy) is 1. The predicted molar refractivity (Wildman–Crippen MR) is 133 cm³/mol. The molecular formula is C24H38N4O7S. The number of fused-ring (bicyclic) bond motifs is 1. The second-order valence-electron chi connectivity index (χ2n) is 10.9. The zero-order valence-corrected chi connectivity index (χ0v) is 22.3. The van der Waals surface area contributed by atoms with Crippen LogP contribution in [-0.4, -0.2) is 76.6 Å². The fourth-order valence-corrected chi connectivity index (χ4v) is 5.78. The average Bonchev–Trinajstić information content (AvgIpc) is 3.45. The molecular weight excluding hydrogens is 488 g/mol. The number of thioether (sulfide) groups is 1. The Kier molecular flexibility index (Phi) is 9.26. The third-order valence-electron chi connectivity index (χ3n) is 6.69. The normalized spacial score (nSPS) is 23.9. The van der Waals surface area contributed by atoms with E-state index in [2.05, 4.69) is 16.0 Å². The monoisotopic (exact) mass is 526 g/mol. The Morgan fingerprint density at radius 2 is 1.78 bits per heavy atom. The highest BCUT2D eigenvalue weighted by molar-refractivity contribution is 8.00. The molecule has 3 aliphatic heterocycles. The number of carbonyl (C=O) groups is 5. The molecule has 3 aliphatic rings. The molecule has 0 aliphatic carbocycles. The van der Waals surface area contributed by atoms with Crippen LogP contribution in [0.2, 0.25) is 0 Å². The molecule has 36 heavy (non-hydrogen) atoms. The van der Waals surface area contributed by atoms with Gasteiger partial charge in [-0.15, -0.1) is 5.06 Å². The summed E-state index contributed by atoms with van der Waals surface area (Å²) in [4.78, 5) is 64.5. The van der Waals surface area contributed by atoms with Gasteiger partial charge in [0.05, 0.1) is 29.7 Å². The first-order chi connectivity index (χ1) is 16.9. The van der Waals surface area contributed by atoms with Gasteiger partial charge in [0.1, 0.15) is 0 Å². The Labute approximate surface area is 216 Å². The Morgan fingerprint density at radius 1 is 1.08 bits per heavy atom. The number of amides is 5. The van der Waals surface area contributed by atoms with Crippen molar-refractivity contribution < 1.29 is 33.5 Å². The first kappa shape index (κ1) is 28.2. The summed E-state index contributed by atoms with van der Waals surface area (Å²) in [5, 5.41) is 9.78. The smallest absolute Gasteiger partial charge is 0.341 e. The highest BCUT2D eigenvalue weighted by Gasteiger charge is 2.42. The summed E-state index contributed by atoms with van der Waals surface area (Å²) in [5.74, 6) is -0.836. The molecule has 3 rings (SSSR count). The first-order valence-corrected chi connectivity index (χ1v) is 13.6. The van der Waals surface area contributed by atoms with Crippen LogP contribution in [-0.2, 0) is 28.8 Å². The number of hydrogen-bond donors (Lipinski definition) is 3. The molecule has 202 valence electrons. The highest BCUT2D eigenvalue weighted by atomic mass is 32.2. The van der Waals surface area contributed by atoms with Gasteiger partial charge < -0.3 is 25.5 Å². The molecule has 3 saturated heterocycles. The van der Waals surface area contributed by atoms with Crippen molar-refractivity contribution in [2.24, 2.45) is 5.41 Å². The molecule has 5 amide bonds. The molecule has 12 heteroatoms. The van der Waals surface area contributed by atoms with Crippen LogP contribution in [0.5, 0.6) is 0 Å². The molecule has 3 atom stereocenters. The molecule has 0 radical (unpaired) electrons. The topological polar surface area (TPSA) is 143 Å². The lowest BCUT2D eigenvalue weighted by Crippen LogP contribution is -2.42. The molecule has 3 unspecified atom stereocenters. The van der Waals surface area contributed by atoms with Gasteiger partial charge in [-0.05, 0) is 47.0 Å². The van der Waals surface area contributed by atoms with Gasteiger partial charge in [-0.25, -0.2) is 9.59 Å². The predicted octanol–water partition coefficient (Wildman–Crippen LogP) is 1.65. The van der Waals surface area contributed by atoms with Gasteiger partial charge in [0, 0.05) is 36.8 Å². The molecule has 0 aromatic carbocycles.